The number of nitrogens with one attached hydrogen (secondary N) is 2. The molecule has 1 spiro atoms. The predicted molar refractivity (Wildman–Crippen MR) is 166 cm³/mol. The molecule has 4 rings (SSSR count). The fourth-order valence-electron chi connectivity index (χ4n) is 6.35. The van der Waals surface area contributed by atoms with Gasteiger partial charge in [-0.25, -0.2) is 0 Å². The standard InChI is InChI=1S/C34H48N4O5/c1-5-8-19-38-32(41)29(30(39)26(6-2)7-3)36-33(42)34(38)17-20-37(21-18-34)22-24-9-11-25(12-10-24)23-43-28-15-13-27(14-16-28)31(40)35-4/h9-16,26,29-30,39H,5-8,17-23H2,1-4H3,(H,35,40)(H,36,42)/t29-,30-/m1/s1. The van der Waals surface area contributed by atoms with Gasteiger partial charge in [0.25, 0.3) is 5.91 Å². The van der Waals surface area contributed by atoms with Crippen molar-refractivity contribution in [2.24, 2.45) is 5.92 Å². The molecule has 234 valence electrons. The molecule has 0 bridgehead atoms. The zero-order valence-corrected chi connectivity index (χ0v) is 26.1. The summed E-state index contributed by atoms with van der Waals surface area (Å²) in [5.41, 5.74) is 1.96. The van der Waals surface area contributed by atoms with Gasteiger partial charge in [0, 0.05) is 38.8 Å². The quantitative estimate of drug-likeness (QED) is 0.326. The van der Waals surface area contributed by atoms with Gasteiger partial charge < -0.3 is 25.4 Å². The molecule has 43 heavy (non-hydrogen) atoms. The summed E-state index contributed by atoms with van der Waals surface area (Å²) in [5, 5.41) is 16.6. The number of nitrogens with zero attached hydrogens (tertiary/aromatic N) is 2. The number of aliphatic hydroxyl groups excluding tert-OH is 1. The Morgan fingerprint density at radius 1 is 1.02 bits per heavy atom. The van der Waals surface area contributed by atoms with Crippen molar-refractivity contribution in [2.45, 2.75) is 90.1 Å². The number of carbonyl (C=O) groups is 3. The Kier molecular flexibility index (Phi) is 11.2. The van der Waals surface area contributed by atoms with Crippen molar-refractivity contribution in [3.8, 4) is 5.75 Å². The monoisotopic (exact) mass is 592 g/mol. The minimum absolute atomic E-state index is 0.0297. The Labute approximate surface area is 256 Å². The van der Waals surface area contributed by atoms with Crippen molar-refractivity contribution in [3.63, 3.8) is 0 Å². The van der Waals surface area contributed by atoms with Crippen molar-refractivity contribution in [1.29, 1.82) is 0 Å². The Balaban J connectivity index is 1.34. The van der Waals surface area contributed by atoms with Crippen LogP contribution in [-0.4, -0.2) is 77.0 Å². The molecule has 0 aromatic heterocycles. The van der Waals surface area contributed by atoms with E-state index in [1.165, 1.54) is 5.56 Å². The highest BCUT2D eigenvalue weighted by Crippen LogP contribution is 2.35. The first-order chi connectivity index (χ1) is 20.8. The van der Waals surface area contributed by atoms with Crippen molar-refractivity contribution in [2.75, 3.05) is 26.7 Å². The van der Waals surface area contributed by atoms with Crippen LogP contribution in [0.1, 0.15) is 80.8 Å². The molecule has 2 aromatic carbocycles. The van der Waals surface area contributed by atoms with Gasteiger partial charge in [-0.2, -0.15) is 0 Å². The second-order valence-electron chi connectivity index (χ2n) is 11.9. The number of piperidine rings is 1. The zero-order chi connectivity index (χ0) is 31.0. The number of amides is 3. The molecule has 3 amide bonds. The number of benzene rings is 2. The van der Waals surface area contributed by atoms with Gasteiger partial charge in [-0.1, -0.05) is 64.3 Å². The number of hydrogen-bond acceptors (Lipinski definition) is 6. The average Bonchev–Trinajstić information content (AvgIpc) is 3.03. The third-order valence-electron chi connectivity index (χ3n) is 9.23. The zero-order valence-electron chi connectivity index (χ0n) is 26.1. The molecule has 2 atom stereocenters. The molecule has 2 aromatic rings. The summed E-state index contributed by atoms with van der Waals surface area (Å²) in [6.45, 7) is 9.25. The maximum Gasteiger partial charge on any atom is 0.251 e. The smallest absolute Gasteiger partial charge is 0.251 e. The van der Waals surface area contributed by atoms with Crippen molar-refractivity contribution >= 4 is 17.7 Å². The molecular weight excluding hydrogens is 544 g/mol. The Bertz CT molecular complexity index is 1220. The summed E-state index contributed by atoms with van der Waals surface area (Å²) in [7, 11) is 1.61. The molecule has 0 saturated carbocycles. The number of hydrogen-bond donors (Lipinski definition) is 3. The van der Waals surface area contributed by atoms with Crippen LogP contribution in [0.4, 0.5) is 0 Å². The third kappa shape index (κ3) is 7.39. The fourth-order valence-corrected chi connectivity index (χ4v) is 6.35. The summed E-state index contributed by atoms with van der Waals surface area (Å²) in [5.74, 6) is 0.286. The summed E-state index contributed by atoms with van der Waals surface area (Å²) in [4.78, 5) is 43.3. The molecule has 2 aliphatic heterocycles. The number of carbonyl (C=O) groups excluding carboxylic acids is 3. The Hall–Kier alpha value is -3.43. The molecule has 9 nitrogen and oxygen atoms in total. The van der Waals surface area contributed by atoms with Crippen LogP contribution >= 0.6 is 0 Å². The van der Waals surface area contributed by atoms with E-state index >= 15 is 0 Å². The van der Waals surface area contributed by atoms with Crippen LogP contribution in [0.5, 0.6) is 5.75 Å². The highest BCUT2D eigenvalue weighted by atomic mass is 16.5. The van der Waals surface area contributed by atoms with Gasteiger partial charge in [-0.3, -0.25) is 19.3 Å². The number of rotatable bonds is 13. The van der Waals surface area contributed by atoms with E-state index in [0.29, 0.717) is 50.4 Å². The molecule has 3 N–H and O–H groups in total. The van der Waals surface area contributed by atoms with Crippen molar-refractivity contribution < 1.29 is 24.2 Å². The fraction of sp³-hybridized carbons (Fsp3) is 0.559. The van der Waals surface area contributed by atoms with Crippen LogP contribution in [-0.2, 0) is 22.7 Å². The second kappa shape index (κ2) is 14.8. The van der Waals surface area contributed by atoms with Gasteiger partial charge in [0.2, 0.25) is 11.8 Å². The van der Waals surface area contributed by atoms with Crippen LogP contribution in [0.25, 0.3) is 0 Å². The summed E-state index contributed by atoms with van der Waals surface area (Å²) in [6.07, 6.45) is 3.55. The van der Waals surface area contributed by atoms with Crippen molar-refractivity contribution in [3.05, 3.63) is 65.2 Å². The van der Waals surface area contributed by atoms with Gasteiger partial charge in [0.1, 0.15) is 23.9 Å². The maximum absolute atomic E-state index is 13.7. The second-order valence-corrected chi connectivity index (χ2v) is 11.9. The minimum Gasteiger partial charge on any atom is -0.489 e. The minimum atomic E-state index is -0.879. The first kappa shape index (κ1) is 32.5. The normalized spacial score (nSPS) is 19.4. The SMILES string of the molecule is CCCCN1C(=O)[C@@H]([C@H](O)C(CC)CC)NC(=O)C12CCN(Cc1ccc(COc3ccc(C(=O)NC)cc3)cc1)CC2. The molecular formula is C34H48N4O5. The molecule has 2 aliphatic rings. The van der Waals surface area contributed by atoms with Crippen molar-refractivity contribution in [1.82, 2.24) is 20.4 Å². The summed E-state index contributed by atoms with van der Waals surface area (Å²) < 4.78 is 5.89. The topological polar surface area (TPSA) is 111 Å². The average molecular weight is 593 g/mol. The van der Waals surface area contributed by atoms with E-state index in [-0.39, 0.29) is 23.6 Å². The largest absolute Gasteiger partial charge is 0.489 e. The van der Waals surface area contributed by atoms with E-state index < -0.39 is 17.7 Å². The lowest BCUT2D eigenvalue weighted by molar-refractivity contribution is -0.165. The van der Waals surface area contributed by atoms with Gasteiger partial charge in [-0.05, 0) is 60.6 Å². The van der Waals surface area contributed by atoms with Gasteiger partial charge >= 0.3 is 0 Å². The first-order valence-electron chi connectivity index (χ1n) is 15.8. The van der Waals surface area contributed by atoms with Crippen LogP contribution in [0, 0.1) is 5.92 Å². The van der Waals surface area contributed by atoms with E-state index in [1.54, 1.807) is 31.3 Å². The van der Waals surface area contributed by atoms with Crippen LogP contribution in [0.2, 0.25) is 0 Å². The van der Waals surface area contributed by atoms with Crippen LogP contribution < -0.4 is 15.4 Å². The number of piperazine rings is 1. The number of ether oxygens (including phenoxy) is 1. The third-order valence-corrected chi connectivity index (χ3v) is 9.23. The van der Waals surface area contributed by atoms with E-state index in [2.05, 4.69) is 46.7 Å². The molecule has 9 heteroatoms. The highest BCUT2D eigenvalue weighted by Gasteiger charge is 2.55. The summed E-state index contributed by atoms with van der Waals surface area (Å²) >= 11 is 0. The number of likely N-dealkylation sites (tertiary alicyclic amines) is 1. The first-order valence-corrected chi connectivity index (χ1v) is 15.8. The Morgan fingerprint density at radius 2 is 1.65 bits per heavy atom. The molecule has 2 heterocycles. The lowest BCUT2D eigenvalue weighted by Gasteiger charge is -2.52. The maximum atomic E-state index is 13.7. The van der Waals surface area contributed by atoms with Gasteiger partial charge in [0.05, 0.1) is 6.10 Å². The Morgan fingerprint density at radius 3 is 2.23 bits per heavy atom. The number of unbranched alkanes of at least 4 members (excludes halogenated alkanes) is 1. The summed E-state index contributed by atoms with van der Waals surface area (Å²) in [6, 6.07) is 14.5. The predicted octanol–water partition coefficient (Wildman–Crippen LogP) is 3.88. The lowest BCUT2D eigenvalue weighted by atomic mass is 9.79. The molecule has 0 aliphatic carbocycles. The molecule has 0 radical (unpaired) electrons. The molecule has 0 unspecified atom stereocenters. The van der Waals surface area contributed by atoms with Gasteiger partial charge in [-0.15, -0.1) is 0 Å². The van der Waals surface area contributed by atoms with Crippen LogP contribution in [0.15, 0.2) is 48.5 Å². The molecule has 2 saturated heterocycles. The highest BCUT2D eigenvalue weighted by molar-refractivity contribution is 6.00. The molecule has 2 fully saturated rings. The van der Waals surface area contributed by atoms with E-state index in [4.69, 9.17) is 4.74 Å². The van der Waals surface area contributed by atoms with E-state index in [9.17, 15) is 19.5 Å². The van der Waals surface area contributed by atoms with Crippen LogP contribution in [0.3, 0.4) is 0 Å². The van der Waals surface area contributed by atoms with Gasteiger partial charge in [0.15, 0.2) is 0 Å². The van der Waals surface area contributed by atoms with E-state index in [0.717, 1.165) is 37.8 Å². The van der Waals surface area contributed by atoms with E-state index in [1.807, 2.05) is 18.7 Å². The number of aliphatic hydroxyl groups is 1. The lowest BCUT2D eigenvalue weighted by Crippen LogP contribution is -2.75.